The highest BCUT2D eigenvalue weighted by atomic mass is 79.9. The van der Waals surface area contributed by atoms with E-state index in [2.05, 4.69) is 20.9 Å². The molecule has 0 radical (unpaired) electrons. The van der Waals surface area contributed by atoms with Gasteiger partial charge in [-0.2, -0.15) is 0 Å². The lowest BCUT2D eigenvalue weighted by Crippen LogP contribution is -2.14. The quantitative estimate of drug-likeness (QED) is 0.353. The Morgan fingerprint density at radius 1 is 1.11 bits per heavy atom. The number of carboxylic acid groups (broad SMARTS) is 1. The Labute approximate surface area is 163 Å². The second-order valence-electron chi connectivity index (χ2n) is 5.47. The second-order valence-corrected chi connectivity index (χ2v) is 6.39. The number of hydrogen-bond acceptors (Lipinski definition) is 5. The van der Waals surface area contributed by atoms with Crippen LogP contribution in [0.5, 0.6) is 5.75 Å². The number of aliphatic imine (C=N–C) groups is 1. The maximum atomic E-state index is 12.5. The summed E-state index contributed by atoms with van der Waals surface area (Å²) in [6.07, 6.45) is 3.13. The molecule has 7 heteroatoms. The van der Waals surface area contributed by atoms with E-state index in [1.54, 1.807) is 48.9 Å². The molecule has 0 saturated carbocycles. The van der Waals surface area contributed by atoms with E-state index in [1.165, 1.54) is 12.1 Å². The third kappa shape index (κ3) is 4.71. The Morgan fingerprint density at radius 2 is 1.89 bits per heavy atom. The molecule has 0 spiro atoms. The van der Waals surface area contributed by atoms with Gasteiger partial charge in [-0.15, -0.1) is 0 Å². The van der Waals surface area contributed by atoms with Crippen LogP contribution in [-0.4, -0.2) is 23.3 Å². The van der Waals surface area contributed by atoms with E-state index in [-0.39, 0.29) is 16.9 Å². The Hall–Kier alpha value is -3.19. The number of aromatic carboxylic acids is 1. The zero-order valence-electron chi connectivity index (χ0n) is 14.0. The van der Waals surface area contributed by atoms with Crippen LogP contribution in [-0.2, 0) is 6.54 Å². The summed E-state index contributed by atoms with van der Waals surface area (Å²) >= 11 is 3.37. The van der Waals surface area contributed by atoms with Crippen LogP contribution in [0.1, 0.15) is 32.0 Å². The average molecular weight is 428 g/mol. The first-order valence-corrected chi connectivity index (χ1v) is 8.70. The predicted octanol–water partition coefficient (Wildman–Crippen LogP) is 4.58. The van der Waals surface area contributed by atoms with Gasteiger partial charge in [-0.3, -0.25) is 4.99 Å². The fourth-order valence-corrected chi connectivity index (χ4v) is 2.73. The van der Waals surface area contributed by atoms with Crippen LogP contribution >= 0.6 is 15.9 Å². The zero-order valence-corrected chi connectivity index (χ0v) is 15.5. The number of ether oxygens (including phenoxy) is 1. The lowest BCUT2D eigenvalue weighted by atomic mass is 10.1. The normalized spacial score (nSPS) is 10.9. The van der Waals surface area contributed by atoms with Crippen molar-refractivity contribution in [2.24, 2.45) is 4.99 Å². The number of halogens is 1. The molecule has 1 heterocycles. The standard InChI is InChI=1S/C20H14BrNO5/c21-14-7-8-18(13(10-14)11-22-12-15-4-3-9-26-15)27-20(25)17-6-2-1-5-16(17)19(23)24/h1-11H,12H2,(H,23,24). The van der Waals surface area contributed by atoms with Gasteiger partial charge < -0.3 is 14.3 Å². The summed E-state index contributed by atoms with van der Waals surface area (Å²) in [6.45, 7) is 0.342. The summed E-state index contributed by atoms with van der Waals surface area (Å²) in [5, 5.41) is 9.23. The van der Waals surface area contributed by atoms with Gasteiger partial charge in [0, 0.05) is 16.3 Å². The summed E-state index contributed by atoms with van der Waals surface area (Å²) in [4.78, 5) is 28.1. The van der Waals surface area contributed by atoms with Gasteiger partial charge in [0.25, 0.3) is 0 Å². The lowest BCUT2D eigenvalue weighted by molar-refractivity contribution is 0.0668. The van der Waals surface area contributed by atoms with E-state index < -0.39 is 11.9 Å². The smallest absolute Gasteiger partial charge is 0.344 e. The Kier molecular flexibility index (Phi) is 5.83. The van der Waals surface area contributed by atoms with Crippen molar-refractivity contribution in [2.75, 3.05) is 0 Å². The molecule has 6 nitrogen and oxygen atoms in total. The van der Waals surface area contributed by atoms with Crippen LogP contribution < -0.4 is 4.74 Å². The van der Waals surface area contributed by atoms with E-state index in [4.69, 9.17) is 9.15 Å². The van der Waals surface area contributed by atoms with Crippen LogP contribution in [0.15, 0.2) is 74.7 Å². The van der Waals surface area contributed by atoms with Crippen LogP contribution in [0.2, 0.25) is 0 Å². The molecular formula is C20H14BrNO5. The van der Waals surface area contributed by atoms with Gasteiger partial charge in [0.15, 0.2) is 0 Å². The number of hydrogen-bond donors (Lipinski definition) is 1. The van der Waals surface area contributed by atoms with Gasteiger partial charge in [-0.25, -0.2) is 9.59 Å². The molecule has 0 saturated heterocycles. The molecule has 3 aromatic rings. The first-order valence-electron chi connectivity index (χ1n) is 7.91. The SMILES string of the molecule is O=C(O)c1ccccc1C(=O)Oc1ccc(Br)cc1C=NCc1ccco1. The fraction of sp³-hybridized carbons (Fsp3) is 0.0500. The third-order valence-electron chi connectivity index (χ3n) is 3.61. The number of rotatable bonds is 6. The molecule has 0 aliphatic heterocycles. The lowest BCUT2D eigenvalue weighted by Gasteiger charge is -2.09. The van der Waals surface area contributed by atoms with Crippen LogP contribution in [0.3, 0.4) is 0 Å². The molecule has 136 valence electrons. The van der Waals surface area contributed by atoms with E-state index in [9.17, 15) is 14.7 Å². The van der Waals surface area contributed by atoms with Crippen LogP contribution in [0.25, 0.3) is 0 Å². The van der Waals surface area contributed by atoms with Crippen molar-refractivity contribution in [3.63, 3.8) is 0 Å². The van der Waals surface area contributed by atoms with Gasteiger partial charge in [-0.1, -0.05) is 28.1 Å². The van der Waals surface area contributed by atoms with Gasteiger partial charge in [0.1, 0.15) is 11.5 Å². The molecule has 3 rings (SSSR count). The maximum absolute atomic E-state index is 12.5. The summed E-state index contributed by atoms with van der Waals surface area (Å²) in [5.74, 6) is -0.976. The molecule has 0 amide bonds. The molecule has 0 fully saturated rings. The summed E-state index contributed by atoms with van der Waals surface area (Å²) < 4.78 is 11.4. The molecule has 0 unspecified atom stereocenters. The summed E-state index contributed by atoms with van der Waals surface area (Å²) in [5.41, 5.74) is 0.427. The highest BCUT2D eigenvalue weighted by molar-refractivity contribution is 9.10. The second kappa shape index (κ2) is 8.46. The molecule has 27 heavy (non-hydrogen) atoms. The molecule has 0 aliphatic rings. The first kappa shape index (κ1) is 18.6. The molecule has 1 aromatic heterocycles. The number of carbonyl (C=O) groups is 2. The number of carbonyl (C=O) groups excluding carboxylic acids is 1. The van der Waals surface area contributed by atoms with E-state index >= 15 is 0 Å². The van der Waals surface area contributed by atoms with E-state index in [1.807, 2.05) is 6.07 Å². The Balaban J connectivity index is 1.83. The highest BCUT2D eigenvalue weighted by Crippen LogP contribution is 2.23. The van der Waals surface area contributed by atoms with Crippen molar-refractivity contribution in [3.8, 4) is 5.75 Å². The predicted molar refractivity (Wildman–Crippen MR) is 103 cm³/mol. The van der Waals surface area contributed by atoms with Crippen molar-refractivity contribution >= 4 is 34.1 Å². The minimum absolute atomic E-state index is 0.0219. The van der Waals surface area contributed by atoms with E-state index in [0.717, 1.165) is 4.47 Å². The van der Waals surface area contributed by atoms with Gasteiger partial charge >= 0.3 is 11.9 Å². The van der Waals surface area contributed by atoms with Gasteiger partial charge in [0.2, 0.25) is 0 Å². The largest absolute Gasteiger partial charge is 0.478 e. The van der Waals surface area contributed by atoms with E-state index in [0.29, 0.717) is 17.9 Å². The minimum Gasteiger partial charge on any atom is -0.478 e. The zero-order chi connectivity index (χ0) is 19.2. The topological polar surface area (TPSA) is 89.1 Å². The first-order chi connectivity index (χ1) is 13.0. The van der Waals surface area contributed by atoms with Gasteiger partial charge in [-0.05, 0) is 42.5 Å². The molecule has 1 N–H and O–H groups in total. The van der Waals surface area contributed by atoms with Crippen molar-refractivity contribution in [1.29, 1.82) is 0 Å². The fourth-order valence-electron chi connectivity index (χ4n) is 2.35. The Bertz CT molecular complexity index is 995. The third-order valence-corrected chi connectivity index (χ3v) is 4.10. The van der Waals surface area contributed by atoms with Crippen LogP contribution in [0.4, 0.5) is 0 Å². The summed E-state index contributed by atoms with van der Waals surface area (Å²) in [6, 6.07) is 14.6. The maximum Gasteiger partial charge on any atom is 0.344 e. The monoisotopic (exact) mass is 427 g/mol. The van der Waals surface area contributed by atoms with Crippen molar-refractivity contribution in [2.45, 2.75) is 6.54 Å². The number of esters is 1. The molecule has 0 aliphatic carbocycles. The summed E-state index contributed by atoms with van der Waals surface area (Å²) in [7, 11) is 0. The number of nitrogens with zero attached hydrogens (tertiary/aromatic N) is 1. The highest BCUT2D eigenvalue weighted by Gasteiger charge is 2.18. The number of furan rings is 1. The molecular weight excluding hydrogens is 414 g/mol. The van der Waals surface area contributed by atoms with Crippen molar-refractivity contribution in [3.05, 3.63) is 87.8 Å². The van der Waals surface area contributed by atoms with Crippen molar-refractivity contribution < 1.29 is 23.8 Å². The van der Waals surface area contributed by atoms with Gasteiger partial charge in [0.05, 0.1) is 23.9 Å². The Morgan fingerprint density at radius 3 is 2.59 bits per heavy atom. The van der Waals surface area contributed by atoms with Crippen LogP contribution in [0, 0.1) is 0 Å². The van der Waals surface area contributed by atoms with Crippen molar-refractivity contribution in [1.82, 2.24) is 0 Å². The molecule has 0 atom stereocenters. The molecule has 0 bridgehead atoms. The average Bonchev–Trinajstić information content (AvgIpc) is 3.17. The number of benzene rings is 2. The molecule has 2 aromatic carbocycles. The minimum atomic E-state index is -1.20. The number of carboxylic acids is 1.